The number of anilines is 1. The number of nitrogens with zero attached hydrogens (tertiary/aromatic N) is 2. The van der Waals surface area contributed by atoms with Gasteiger partial charge >= 0.3 is 53.4 Å². The minimum absolute atomic E-state index is 0.327. The molecular formula is C3H6B2N4. The van der Waals surface area contributed by atoms with Crippen LogP contribution in [0.25, 0.3) is 0 Å². The Labute approximate surface area is 54.3 Å². The van der Waals surface area contributed by atoms with Crippen molar-refractivity contribution in [2.45, 2.75) is 0 Å². The molecule has 0 saturated carbocycles. The van der Waals surface area contributed by atoms with Gasteiger partial charge in [0.2, 0.25) is 0 Å². The van der Waals surface area contributed by atoms with Crippen LogP contribution in [0.4, 0.5) is 5.95 Å². The van der Waals surface area contributed by atoms with Gasteiger partial charge in [0.15, 0.2) is 0 Å². The Balaban J connectivity index is 2.98. The number of aromatic nitrogens is 3. The number of H-pyrrole nitrogens is 1. The second-order valence-electron chi connectivity index (χ2n) is 1.82. The molecule has 6 heteroatoms. The van der Waals surface area contributed by atoms with Crippen LogP contribution in [0.15, 0.2) is 0 Å². The predicted octanol–water partition coefficient (Wildman–Crippen LogP) is -2.60. The molecule has 1 aromatic rings. The second kappa shape index (κ2) is 2.05. The molecule has 0 aliphatic carbocycles. The third-order valence-electron chi connectivity index (χ3n) is 0.884. The van der Waals surface area contributed by atoms with Crippen LogP contribution in [0.2, 0.25) is 0 Å². The summed E-state index contributed by atoms with van der Waals surface area (Å²) in [5.74, 6) is 0.903. The molecule has 44 valence electrons. The van der Waals surface area contributed by atoms with Crippen LogP contribution in [0.1, 0.15) is 5.82 Å². The molecule has 1 heterocycles. The van der Waals surface area contributed by atoms with Crippen molar-refractivity contribution in [3.63, 3.8) is 0 Å². The molecule has 0 aliphatic heterocycles. The van der Waals surface area contributed by atoms with Gasteiger partial charge in [0.05, 0.1) is 0 Å². The summed E-state index contributed by atoms with van der Waals surface area (Å²) in [6.07, 6.45) is 0. The van der Waals surface area contributed by atoms with Crippen LogP contribution in [0.3, 0.4) is 0 Å². The summed E-state index contributed by atoms with van der Waals surface area (Å²) in [6.45, 7) is 0. The summed E-state index contributed by atoms with van der Waals surface area (Å²) >= 11 is 0. The van der Waals surface area contributed by atoms with Crippen molar-refractivity contribution in [3.05, 3.63) is 5.82 Å². The maximum atomic E-state index is 5.25. The van der Waals surface area contributed by atoms with Gasteiger partial charge in [-0.3, -0.25) is 0 Å². The molecule has 0 spiro atoms. The Bertz CT molecular complexity index is 229. The summed E-state index contributed by atoms with van der Waals surface area (Å²) in [5.41, 5.74) is 5.25. The van der Waals surface area contributed by atoms with Crippen LogP contribution in [0.5, 0.6) is 0 Å². The van der Waals surface area contributed by atoms with Crippen LogP contribution in [-0.2, 0) is 0 Å². The maximum absolute atomic E-state index is 5.25. The zero-order valence-electron chi connectivity index (χ0n) is 5.18. The quantitative estimate of drug-likeness (QED) is 0.399. The molecule has 0 bridgehead atoms. The second-order valence-corrected chi connectivity index (χ2v) is 1.82. The zero-order valence-corrected chi connectivity index (χ0v) is 5.18. The average Bonchev–Trinajstić information content (AvgIpc) is 2.14. The van der Waals surface area contributed by atoms with E-state index in [9.17, 15) is 0 Å². The van der Waals surface area contributed by atoms with E-state index < -0.39 is 0 Å². The first-order valence-electron chi connectivity index (χ1n) is 2.54. The Hall–Kier alpha value is -1.06. The van der Waals surface area contributed by atoms with Crippen LogP contribution >= 0.6 is 0 Å². The fourth-order valence-electron chi connectivity index (χ4n) is 0.465. The van der Waals surface area contributed by atoms with Gasteiger partial charge in [-0.1, -0.05) is 0 Å². The first-order valence-corrected chi connectivity index (χ1v) is 2.54. The third-order valence-corrected chi connectivity index (χ3v) is 0.884. The Morgan fingerprint density at radius 3 is 2.67 bits per heavy atom. The summed E-state index contributed by atoms with van der Waals surface area (Å²) in [6, 6.07) is 0. The van der Waals surface area contributed by atoms with E-state index in [4.69, 9.17) is 5.73 Å². The van der Waals surface area contributed by atoms with E-state index in [1.807, 2.05) is 7.85 Å². The predicted molar refractivity (Wildman–Crippen MR) is 40.6 cm³/mol. The van der Waals surface area contributed by atoms with Gasteiger partial charge in [-0.15, -0.1) is 0 Å². The Morgan fingerprint density at radius 1 is 1.78 bits per heavy atom. The van der Waals surface area contributed by atoms with Gasteiger partial charge in [0.25, 0.3) is 0 Å². The van der Waals surface area contributed by atoms with Crippen LogP contribution in [0, 0.1) is 0 Å². The van der Waals surface area contributed by atoms with Gasteiger partial charge in [-0.2, -0.15) is 0 Å². The number of nitrogens with two attached hydrogens (primary N) is 1. The SMILES string of the molecule is B=C(B)c1n[nH]c(N)n1. The molecule has 0 unspecified atom stereocenters. The van der Waals surface area contributed by atoms with Crippen molar-refractivity contribution >= 4 is 26.6 Å². The van der Waals surface area contributed by atoms with Crippen LogP contribution in [-0.4, -0.2) is 35.9 Å². The average molecular weight is 120 g/mol. The molecular weight excluding hydrogens is 114 g/mol. The molecule has 0 aliphatic rings. The molecule has 0 amide bonds. The van der Waals surface area contributed by atoms with E-state index in [-0.39, 0.29) is 0 Å². The first kappa shape index (κ1) is 6.07. The molecule has 0 fully saturated rings. The van der Waals surface area contributed by atoms with E-state index in [1.165, 1.54) is 0 Å². The molecule has 4 nitrogen and oxygen atoms in total. The number of nitrogens with one attached hydrogen (secondary N) is 1. The summed E-state index contributed by atoms with van der Waals surface area (Å²) in [7, 11) is 5.46. The molecule has 3 N–H and O–H groups in total. The number of nitrogen functional groups attached to an aromatic ring is 1. The molecule has 0 saturated heterocycles. The van der Waals surface area contributed by atoms with Gasteiger partial charge in [0, 0.05) is 0 Å². The first-order chi connectivity index (χ1) is 4.20. The molecule has 0 atom stereocenters. The number of aromatic amines is 1. The monoisotopic (exact) mass is 120 g/mol. The van der Waals surface area contributed by atoms with E-state index in [2.05, 4.69) is 22.7 Å². The molecule has 0 radical (unpaired) electrons. The summed E-state index contributed by atoms with van der Waals surface area (Å²) < 4.78 is 0. The number of hydrogen-bond acceptors (Lipinski definition) is 3. The summed E-state index contributed by atoms with van der Waals surface area (Å²) in [5, 5.41) is 7.07. The van der Waals surface area contributed by atoms with Crippen molar-refractivity contribution < 1.29 is 0 Å². The Morgan fingerprint density at radius 2 is 2.44 bits per heavy atom. The van der Waals surface area contributed by atoms with Crippen molar-refractivity contribution in [1.29, 1.82) is 0 Å². The molecule has 9 heavy (non-hydrogen) atoms. The zero-order chi connectivity index (χ0) is 6.85. The molecule has 1 rings (SSSR count). The van der Waals surface area contributed by atoms with E-state index >= 15 is 0 Å². The fraction of sp³-hybridized carbons (Fsp3) is 0. The van der Waals surface area contributed by atoms with Crippen molar-refractivity contribution in [2.75, 3.05) is 5.73 Å². The van der Waals surface area contributed by atoms with Crippen molar-refractivity contribution in [1.82, 2.24) is 15.2 Å². The molecule has 0 aromatic carbocycles. The number of hydrogen-bond donors (Lipinski definition) is 2. The van der Waals surface area contributed by atoms with Gasteiger partial charge < -0.3 is 0 Å². The molecule has 1 aromatic heterocycles. The minimum atomic E-state index is 0.327. The van der Waals surface area contributed by atoms with Gasteiger partial charge in [-0.25, -0.2) is 0 Å². The van der Waals surface area contributed by atoms with E-state index in [1.54, 1.807) is 0 Å². The normalized spacial score (nSPS) is 9.22. The van der Waals surface area contributed by atoms with Crippen LogP contribution < -0.4 is 5.73 Å². The third kappa shape index (κ3) is 1.19. The summed E-state index contributed by atoms with van der Waals surface area (Å²) in [4.78, 5) is 3.82. The standard InChI is InChI=1S/C3H6B2N4/c4-1(5)2-7-3(6)9-8-2/h4H,5H2,(H3,6,7,8,9). The van der Waals surface area contributed by atoms with Gasteiger partial charge in [-0.05, 0) is 0 Å². The van der Waals surface area contributed by atoms with Crippen molar-refractivity contribution in [3.8, 4) is 0 Å². The van der Waals surface area contributed by atoms with Crippen molar-refractivity contribution in [2.24, 2.45) is 0 Å². The van der Waals surface area contributed by atoms with E-state index in [0.717, 1.165) is 5.36 Å². The Kier molecular flexibility index (Phi) is 1.38. The van der Waals surface area contributed by atoms with Gasteiger partial charge in [0.1, 0.15) is 0 Å². The number of rotatable bonds is 1. The fourth-order valence-corrected chi connectivity index (χ4v) is 0.465. The topological polar surface area (TPSA) is 67.6 Å². The van der Waals surface area contributed by atoms with E-state index in [0.29, 0.717) is 11.8 Å².